The van der Waals surface area contributed by atoms with Crippen molar-refractivity contribution in [2.45, 2.75) is 13.3 Å². The van der Waals surface area contributed by atoms with Crippen LogP contribution in [0.5, 0.6) is 0 Å². The zero-order chi connectivity index (χ0) is 13.0. The number of para-hydroxylation sites is 1. The fourth-order valence-corrected chi connectivity index (χ4v) is 2.20. The van der Waals surface area contributed by atoms with E-state index in [0.29, 0.717) is 18.6 Å². The molecule has 2 aromatic rings. The lowest BCUT2D eigenvalue weighted by molar-refractivity contribution is 0.0525. The molecule has 4 heteroatoms. The number of alkyl halides is 1. The van der Waals surface area contributed by atoms with Crippen molar-refractivity contribution in [1.29, 1.82) is 0 Å². The van der Waals surface area contributed by atoms with Crippen LogP contribution in [0.15, 0.2) is 30.3 Å². The summed E-state index contributed by atoms with van der Waals surface area (Å²) >= 11 is 3.38. The molecule has 1 aromatic carbocycles. The lowest BCUT2D eigenvalue weighted by Crippen LogP contribution is -2.10. The highest BCUT2D eigenvalue weighted by atomic mass is 79.9. The van der Waals surface area contributed by atoms with E-state index in [9.17, 15) is 4.79 Å². The molecule has 3 nitrogen and oxygen atoms in total. The zero-order valence-electron chi connectivity index (χ0n) is 10.1. The third-order valence-corrected chi connectivity index (χ3v) is 3.03. The summed E-state index contributed by atoms with van der Waals surface area (Å²) in [5, 5.41) is 1.73. The van der Waals surface area contributed by atoms with Crippen LogP contribution < -0.4 is 0 Å². The average molecular weight is 308 g/mol. The second-order valence-electron chi connectivity index (χ2n) is 3.83. The van der Waals surface area contributed by atoms with Crippen LogP contribution in [0, 0.1) is 0 Å². The molecule has 0 spiro atoms. The number of aryl methyl sites for hydroxylation is 1. The van der Waals surface area contributed by atoms with Gasteiger partial charge in [0, 0.05) is 17.1 Å². The number of carbonyl (C=O) groups excluding carboxylic acids is 1. The molecule has 0 aliphatic heterocycles. The van der Waals surface area contributed by atoms with Crippen LogP contribution in [0.2, 0.25) is 0 Å². The molecule has 0 N–H and O–H groups in total. The largest absolute Gasteiger partial charge is 0.462 e. The molecule has 0 bridgehead atoms. The van der Waals surface area contributed by atoms with E-state index < -0.39 is 0 Å². The Morgan fingerprint density at radius 2 is 2.17 bits per heavy atom. The number of rotatable bonds is 4. The van der Waals surface area contributed by atoms with E-state index in [1.807, 2.05) is 30.3 Å². The van der Waals surface area contributed by atoms with E-state index in [-0.39, 0.29) is 5.97 Å². The van der Waals surface area contributed by atoms with Crippen LogP contribution in [0.3, 0.4) is 0 Å². The first kappa shape index (κ1) is 13.0. The van der Waals surface area contributed by atoms with Gasteiger partial charge in [0.25, 0.3) is 0 Å². The third-order valence-electron chi connectivity index (χ3n) is 2.63. The molecular weight excluding hydrogens is 294 g/mol. The molecule has 0 atom stereocenters. The Labute approximate surface area is 114 Å². The Kier molecular flexibility index (Phi) is 4.31. The van der Waals surface area contributed by atoms with Gasteiger partial charge in [0.1, 0.15) is 0 Å². The minimum Gasteiger partial charge on any atom is -0.462 e. The van der Waals surface area contributed by atoms with Crippen LogP contribution in [0.4, 0.5) is 0 Å². The topological polar surface area (TPSA) is 39.2 Å². The quantitative estimate of drug-likeness (QED) is 0.642. The van der Waals surface area contributed by atoms with Crippen molar-refractivity contribution in [3.63, 3.8) is 0 Å². The van der Waals surface area contributed by atoms with E-state index in [4.69, 9.17) is 4.74 Å². The highest BCUT2D eigenvalue weighted by Gasteiger charge is 2.14. The van der Waals surface area contributed by atoms with Crippen LogP contribution >= 0.6 is 15.9 Å². The molecule has 0 aliphatic rings. The van der Waals surface area contributed by atoms with Gasteiger partial charge >= 0.3 is 5.97 Å². The van der Waals surface area contributed by atoms with Crippen molar-refractivity contribution in [2.24, 2.45) is 0 Å². The van der Waals surface area contributed by atoms with Crippen molar-refractivity contribution in [1.82, 2.24) is 4.98 Å². The number of benzene rings is 1. The number of halogens is 1. The summed E-state index contributed by atoms with van der Waals surface area (Å²) in [5.41, 5.74) is 2.25. The molecular formula is C14H14BrNO2. The molecule has 18 heavy (non-hydrogen) atoms. The van der Waals surface area contributed by atoms with Crippen LogP contribution in [-0.4, -0.2) is 22.9 Å². The molecule has 0 unspecified atom stereocenters. The summed E-state index contributed by atoms with van der Waals surface area (Å²) in [4.78, 5) is 16.4. The van der Waals surface area contributed by atoms with Gasteiger partial charge < -0.3 is 4.74 Å². The van der Waals surface area contributed by atoms with Gasteiger partial charge in [-0.05, 0) is 19.1 Å². The van der Waals surface area contributed by atoms with E-state index in [0.717, 1.165) is 21.9 Å². The monoisotopic (exact) mass is 307 g/mol. The summed E-state index contributed by atoms with van der Waals surface area (Å²) in [5.74, 6) is -0.299. The van der Waals surface area contributed by atoms with Gasteiger partial charge in [-0.3, -0.25) is 4.98 Å². The van der Waals surface area contributed by atoms with Gasteiger partial charge in [-0.2, -0.15) is 0 Å². The molecule has 0 aliphatic carbocycles. The Bertz CT molecular complexity index is 569. The summed E-state index contributed by atoms with van der Waals surface area (Å²) in [6, 6.07) is 9.63. The van der Waals surface area contributed by atoms with Crippen LogP contribution in [0.25, 0.3) is 10.9 Å². The van der Waals surface area contributed by atoms with Gasteiger partial charge in [0.05, 0.1) is 23.4 Å². The van der Waals surface area contributed by atoms with Crippen molar-refractivity contribution in [3.05, 3.63) is 41.6 Å². The number of carbonyl (C=O) groups is 1. The lowest BCUT2D eigenvalue weighted by Gasteiger charge is -2.09. The molecule has 94 valence electrons. The molecule has 2 rings (SSSR count). The van der Waals surface area contributed by atoms with Crippen molar-refractivity contribution in [3.8, 4) is 0 Å². The molecule has 0 radical (unpaired) electrons. The van der Waals surface area contributed by atoms with Crippen molar-refractivity contribution < 1.29 is 9.53 Å². The van der Waals surface area contributed by atoms with E-state index in [1.54, 1.807) is 6.92 Å². The molecule has 0 saturated heterocycles. The standard InChI is InChI=1S/C14H14BrNO2/c1-2-18-14(17)11-9-10-5-3-4-6-12(10)16-13(11)7-8-15/h3-6,9H,2,7-8H2,1H3. The predicted octanol–water partition coefficient (Wildman–Crippen LogP) is 3.35. The smallest absolute Gasteiger partial charge is 0.340 e. The number of ether oxygens (including phenoxy) is 1. The van der Waals surface area contributed by atoms with Gasteiger partial charge in [0.15, 0.2) is 0 Å². The first-order valence-corrected chi connectivity index (χ1v) is 7.00. The normalized spacial score (nSPS) is 10.6. The molecule has 1 heterocycles. The van der Waals surface area contributed by atoms with E-state index in [2.05, 4.69) is 20.9 Å². The Balaban J connectivity index is 2.53. The number of fused-ring (bicyclic) bond motifs is 1. The highest BCUT2D eigenvalue weighted by molar-refractivity contribution is 9.09. The predicted molar refractivity (Wildman–Crippen MR) is 75.2 cm³/mol. The maximum Gasteiger partial charge on any atom is 0.340 e. The molecule has 0 fully saturated rings. The van der Waals surface area contributed by atoms with Gasteiger partial charge in [0.2, 0.25) is 0 Å². The number of aromatic nitrogens is 1. The van der Waals surface area contributed by atoms with Gasteiger partial charge in [-0.25, -0.2) is 4.79 Å². The van der Waals surface area contributed by atoms with Gasteiger partial charge in [-0.1, -0.05) is 34.1 Å². The minimum atomic E-state index is -0.299. The fourth-order valence-electron chi connectivity index (χ4n) is 1.82. The molecule has 1 aromatic heterocycles. The SMILES string of the molecule is CCOC(=O)c1cc2ccccc2nc1CCBr. The maximum absolute atomic E-state index is 11.9. The first-order valence-electron chi connectivity index (χ1n) is 5.88. The first-order chi connectivity index (χ1) is 8.76. The summed E-state index contributed by atoms with van der Waals surface area (Å²) in [7, 11) is 0. The van der Waals surface area contributed by atoms with E-state index >= 15 is 0 Å². The van der Waals surface area contributed by atoms with Crippen LogP contribution in [-0.2, 0) is 11.2 Å². The number of pyridine rings is 1. The van der Waals surface area contributed by atoms with Crippen molar-refractivity contribution >= 4 is 32.8 Å². The minimum absolute atomic E-state index is 0.299. The fraction of sp³-hybridized carbons (Fsp3) is 0.286. The molecule has 0 saturated carbocycles. The molecule has 0 amide bonds. The Hall–Kier alpha value is -1.42. The second-order valence-corrected chi connectivity index (χ2v) is 4.63. The maximum atomic E-state index is 11.9. The number of hydrogen-bond acceptors (Lipinski definition) is 3. The van der Waals surface area contributed by atoms with E-state index in [1.165, 1.54) is 0 Å². The summed E-state index contributed by atoms with van der Waals surface area (Å²) < 4.78 is 5.07. The zero-order valence-corrected chi connectivity index (χ0v) is 11.7. The third kappa shape index (κ3) is 2.70. The average Bonchev–Trinajstić information content (AvgIpc) is 2.38. The number of esters is 1. The number of nitrogens with zero attached hydrogens (tertiary/aromatic N) is 1. The summed E-state index contributed by atoms with van der Waals surface area (Å²) in [6.07, 6.45) is 0.707. The highest BCUT2D eigenvalue weighted by Crippen LogP contribution is 2.18. The second kappa shape index (κ2) is 5.96. The van der Waals surface area contributed by atoms with Gasteiger partial charge in [-0.15, -0.1) is 0 Å². The van der Waals surface area contributed by atoms with Crippen LogP contribution in [0.1, 0.15) is 23.0 Å². The number of hydrogen-bond donors (Lipinski definition) is 0. The van der Waals surface area contributed by atoms with Crippen molar-refractivity contribution in [2.75, 3.05) is 11.9 Å². The Morgan fingerprint density at radius 3 is 2.89 bits per heavy atom. The summed E-state index contributed by atoms with van der Waals surface area (Å²) in [6.45, 7) is 2.18. The Morgan fingerprint density at radius 1 is 1.39 bits per heavy atom. The lowest BCUT2D eigenvalue weighted by atomic mass is 10.1.